The number of carboxylic acid groups (broad SMARTS) is 1. The predicted octanol–water partition coefficient (Wildman–Crippen LogP) is 1.10. The van der Waals surface area contributed by atoms with Crippen molar-refractivity contribution in [1.82, 2.24) is 0 Å². The number of hydrogen-bond donors (Lipinski definition) is 2. The van der Waals surface area contributed by atoms with E-state index < -0.39 is 5.97 Å². The standard InChI is InChI=1S/C8H15NO2S/c1-6(3-8(10)11)4-12-5-7(2)9/h3,7H,4-5,9H2,1-2H3,(H,10,11). The van der Waals surface area contributed by atoms with Crippen LogP contribution in [0.15, 0.2) is 11.6 Å². The van der Waals surface area contributed by atoms with E-state index in [2.05, 4.69) is 0 Å². The summed E-state index contributed by atoms with van der Waals surface area (Å²) < 4.78 is 0. The van der Waals surface area contributed by atoms with Crippen LogP contribution in [0.4, 0.5) is 0 Å². The molecule has 0 heterocycles. The van der Waals surface area contributed by atoms with Gasteiger partial charge in [-0.05, 0) is 13.8 Å². The van der Waals surface area contributed by atoms with Gasteiger partial charge >= 0.3 is 5.97 Å². The van der Waals surface area contributed by atoms with Crippen LogP contribution in [0.1, 0.15) is 13.8 Å². The van der Waals surface area contributed by atoms with E-state index in [1.165, 1.54) is 6.08 Å². The Labute approximate surface area is 77.0 Å². The van der Waals surface area contributed by atoms with Gasteiger partial charge in [0.25, 0.3) is 0 Å². The zero-order valence-electron chi connectivity index (χ0n) is 7.41. The van der Waals surface area contributed by atoms with E-state index in [1.807, 2.05) is 13.8 Å². The van der Waals surface area contributed by atoms with E-state index in [9.17, 15) is 4.79 Å². The molecule has 1 atom stereocenters. The third kappa shape index (κ3) is 7.63. The lowest BCUT2D eigenvalue weighted by molar-refractivity contribution is -0.131. The van der Waals surface area contributed by atoms with Crippen molar-refractivity contribution in [2.45, 2.75) is 19.9 Å². The minimum atomic E-state index is -0.881. The average molecular weight is 189 g/mol. The first-order valence-corrected chi connectivity index (χ1v) is 4.91. The maximum absolute atomic E-state index is 10.2. The number of carboxylic acids is 1. The number of aliphatic carboxylic acids is 1. The van der Waals surface area contributed by atoms with Crippen LogP contribution in [0.3, 0.4) is 0 Å². The summed E-state index contributed by atoms with van der Waals surface area (Å²) in [6, 6.07) is 0.174. The van der Waals surface area contributed by atoms with Crippen LogP contribution >= 0.6 is 11.8 Å². The molecule has 3 N–H and O–H groups in total. The SMILES string of the molecule is CC(=CC(=O)O)CSCC(C)N. The smallest absolute Gasteiger partial charge is 0.328 e. The first-order valence-electron chi connectivity index (χ1n) is 3.75. The van der Waals surface area contributed by atoms with Crippen molar-refractivity contribution in [3.8, 4) is 0 Å². The van der Waals surface area contributed by atoms with Crippen molar-refractivity contribution in [3.63, 3.8) is 0 Å². The zero-order valence-corrected chi connectivity index (χ0v) is 8.23. The monoisotopic (exact) mass is 189 g/mol. The van der Waals surface area contributed by atoms with Gasteiger partial charge in [-0.2, -0.15) is 11.8 Å². The van der Waals surface area contributed by atoms with Crippen molar-refractivity contribution < 1.29 is 9.90 Å². The summed E-state index contributed by atoms with van der Waals surface area (Å²) in [6.45, 7) is 3.74. The highest BCUT2D eigenvalue weighted by Crippen LogP contribution is 2.07. The van der Waals surface area contributed by atoms with Gasteiger partial charge in [0.05, 0.1) is 0 Å². The van der Waals surface area contributed by atoms with E-state index in [0.29, 0.717) is 0 Å². The van der Waals surface area contributed by atoms with Gasteiger partial charge in [0.15, 0.2) is 0 Å². The number of hydrogen-bond acceptors (Lipinski definition) is 3. The number of carbonyl (C=O) groups is 1. The Morgan fingerprint density at radius 1 is 1.75 bits per heavy atom. The van der Waals surface area contributed by atoms with Crippen molar-refractivity contribution >= 4 is 17.7 Å². The second kappa shape index (κ2) is 6.08. The van der Waals surface area contributed by atoms with Crippen molar-refractivity contribution in [3.05, 3.63) is 11.6 Å². The maximum Gasteiger partial charge on any atom is 0.328 e. The Hall–Kier alpha value is -0.480. The molecule has 0 aromatic carbocycles. The molecule has 0 aromatic rings. The molecule has 0 rings (SSSR count). The average Bonchev–Trinajstić information content (AvgIpc) is 1.84. The highest BCUT2D eigenvalue weighted by atomic mass is 32.2. The summed E-state index contributed by atoms with van der Waals surface area (Å²) >= 11 is 1.65. The van der Waals surface area contributed by atoms with E-state index in [1.54, 1.807) is 11.8 Å². The molecule has 0 aliphatic heterocycles. The van der Waals surface area contributed by atoms with E-state index in [0.717, 1.165) is 17.1 Å². The summed E-state index contributed by atoms with van der Waals surface area (Å²) in [5, 5.41) is 8.38. The van der Waals surface area contributed by atoms with Crippen molar-refractivity contribution in [1.29, 1.82) is 0 Å². The lowest BCUT2D eigenvalue weighted by atomic mass is 10.3. The summed E-state index contributed by atoms with van der Waals surface area (Å²) in [5.74, 6) is 0.729. The van der Waals surface area contributed by atoms with E-state index in [-0.39, 0.29) is 6.04 Å². The van der Waals surface area contributed by atoms with Gasteiger partial charge in [-0.25, -0.2) is 4.79 Å². The molecular formula is C8H15NO2S. The second-order valence-corrected chi connectivity index (χ2v) is 3.85. The van der Waals surface area contributed by atoms with Crippen LogP contribution in [0.2, 0.25) is 0 Å². The molecular weight excluding hydrogens is 174 g/mol. The molecule has 12 heavy (non-hydrogen) atoms. The zero-order chi connectivity index (χ0) is 9.56. The molecule has 3 nitrogen and oxygen atoms in total. The fourth-order valence-electron chi connectivity index (χ4n) is 0.658. The highest BCUT2D eigenvalue weighted by molar-refractivity contribution is 7.99. The Bertz CT molecular complexity index is 178. The van der Waals surface area contributed by atoms with Gasteiger partial charge < -0.3 is 10.8 Å². The van der Waals surface area contributed by atoms with Crippen molar-refractivity contribution in [2.24, 2.45) is 5.73 Å². The van der Waals surface area contributed by atoms with Gasteiger partial charge in [0.1, 0.15) is 0 Å². The minimum absolute atomic E-state index is 0.174. The fourth-order valence-corrected chi connectivity index (χ4v) is 1.55. The molecule has 0 bridgehead atoms. The molecule has 1 unspecified atom stereocenters. The van der Waals surface area contributed by atoms with Crippen LogP contribution < -0.4 is 5.73 Å². The molecule has 0 aromatic heterocycles. The lowest BCUT2D eigenvalue weighted by Crippen LogP contribution is -2.17. The molecule has 0 radical (unpaired) electrons. The molecule has 0 saturated heterocycles. The molecule has 0 fully saturated rings. The van der Waals surface area contributed by atoms with Crippen LogP contribution in [-0.2, 0) is 4.79 Å². The Kier molecular flexibility index (Phi) is 5.84. The summed E-state index contributed by atoms with van der Waals surface area (Å²) in [5.41, 5.74) is 6.39. The Morgan fingerprint density at radius 3 is 2.75 bits per heavy atom. The number of thioether (sulfide) groups is 1. The molecule has 0 aliphatic rings. The molecule has 0 amide bonds. The molecule has 0 spiro atoms. The lowest BCUT2D eigenvalue weighted by Gasteiger charge is -2.03. The van der Waals surface area contributed by atoms with Crippen LogP contribution in [0.5, 0.6) is 0 Å². The van der Waals surface area contributed by atoms with Gasteiger partial charge in [-0.15, -0.1) is 0 Å². The highest BCUT2D eigenvalue weighted by Gasteiger charge is 1.97. The van der Waals surface area contributed by atoms with E-state index >= 15 is 0 Å². The third-order valence-corrected chi connectivity index (χ3v) is 2.50. The summed E-state index contributed by atoms with van der Waals surface area (Å²) in [7, 11) is 0. The van der Waals surface area contributed by atoms with Crippen LogP contribution in [0, 0.1) is 0 Å². The van der Waals surface area contributed by atoms with Gasteiger partial charge in [-0.3, -0.25) is 0 Å². The number of nitrogens with two attached hydrogens (primary N) is 1. The molecule has 70 valence electrons. The van der Waals surface area contributed by atoms with Gasteiger partial charge in [0, 0.05) is 23.6 Å². The van der Waals surface area contributed by atoms with Gasteiger partial charge in [-0.1, -0.05) is 5.57 Å². The number of rotatable bonds is 5. The maximum atomic E-state index is 10.2. The summed E-state index contributed by atoms with van der Waals surface area (Å²) in [6.07, 6.45) is 1.23. The third-order valence-electron chi connectivity index (χ3n) is 1.08. The van der Waals surface area contributed by atoms with Crippen LogP contribution in [0.25, 0.3) is 0 Å². The largest absolute Gasteiger partial charge is 0.478 e. The Balaban J connectivity index is 3.57. The quantitative estimate of drug-likeness (QED) is 0.636. The molecule has 4 heteroatoms. The fraction of sp³-hybridized carbons (Fsp3) is 0.625. The first-order chi connectivity index (χ1) is 5.52. The van der Waals surface area contributed by atoms with Crippen molar-refractivity contribution in [2.75, 3.05) is 11.5 Å². The summed E-state index contributed by atoms with van der Waals surface area (Å²) in [4.78, 5) is 10.2. The predicted molar refractivity (Wildman–Crippen MR) is 52.4 cm³/mol. The minimum Gasteiger partial charge on any atom is -0.478 e. The second-order valence-electron chi connectivity index (χ2n) is 2.82. The van der Waals surface area contributed by atoms with E-state index in [4.69, 9.17) is 10.8 Å². The molecule has 0 aliphatic carbocycles. The topological polar surface area (TPSA) is 63.3 Å². The van der Waals surface area contributed by atoms with Gasteiger partial charge in [0.2, 0.25) is 0 Å². The Morgan fingerprint density at radius 2 is 2.33 bits per heavy atom. The first kappa shape index (κ1) is 11.5. The molecule has 0 saturated carbocycles. The normalized spacial score (nSPS) is 14.4. The van der Waals surface area contributed by atoms with Crippen LogP contribution in [-0.4, -0.2) is 28.6 Å².